The summed E-state index contributed by atoms with van der Waals surface area (Å²) in [7, 11) is 0. The second-order valence-electron chi connectivity index (χ2n) is 6.14. The predicted octanol–water partition coefficient (Wildman–Crippen LogP) is 3.19. The average Bonchev–Trinajstić information content (AvgIpc) is 3.22. The van der Waals surface area contributed by atoms with Crippen molar-refractivity contribution in [3.8, 4) is 11.3 Å². The van der Waals surface area contributed by atoms with Crippen molar-refractivity contribution < 1.29 is 13.9 Å². The van der Waals surface area contributed by atoms with Crippen molar-refractivity contribution in [1.29, 1.82) is 0 Å². The average molecular weight is 375 g/mol. The number of ether oxygens (including phenoxy) is 1. The van der Waals surface area contributed by atoms with Crippen LogP contribution in [0.3, 0.4) is 0 Å². The first-order chi connectivity index (χ1) is 13.7. The van der Waals surface area contributed by atoms with E-state index in [0.717, 1.165) is 5.56 Å². The van der Waals surface area contributed by atoms with Crippen LogP contribution in [0.2, 0.25) is 0 Å². The largest absolute Gasteiger partial charge is 0.456 e. The molecule has 0 fully saturated rings. The molecule has 28 heavy (non-hydrogen) atoms. The van der Waals surface area contributed by atoms with Crippen LogP contribution in [-0.4, -0.2) is 20.7 Å². The molecule has 0 aliphatic carbocycles. The molecule has 0 saturated carbocycles. The summed E-state index contributed by atoms with van der Waals surface area (Å²) in [6.45, 7) is 0.268. The molecule has 0 saturated heterocycles. The Kier molecular flexibility index (Phi) is 4.97. The Balaban J connectivity index is 1.35. The monoisotopic (exact) mass is 375 g/mol. The first kappa shape index (κ1) is 17.7. The van der Waals surface area contributed by atoms with Gasteiger partial charge in [0.2, 0.25) is 11.3 Å². The third-order valence-electron chi connectivity index (χ3n) is 4.26. The molecule has 7 nitrogen and oxygen atoms in total. The van der Waals surface area contributed by atoms with Crippen LogP contribution in [0, 0.1) is 0 Å². The Labute approximate surface area is 160 Å². The van der Waals surface area contributed by atoms with Crippen LogP contribution in [0.15, 0.2) is 76.2 Å². The lowest BCUT2D eigenvalue weighted by Crippen LogP contribution is -2.15. The molecule has 0 spiro atoms. The lowest BCUT2D eigenvalue weighted by molar-refractivity contribution is -0.145. The van der Waals surface area contributed by atoms with E-state index in [2.05, 4.69) is 10.1 Å². The normalized spacial score (nSPS) is 10.9. The maximum Gasteiger partial charge on any atom is 0.308 e. The van der Waals surface area contributed by atoms with Crippen molar-refractivity contribution in [3.63, 3.8) is 0 Å². The molecule has 2 aromatic heterocycles. The predicted molar refractivity (Wildman–Crippen MR) is 102 cm³/mol. The highest BCUT2D eigenvalue weighted by molar-refractivity contribution is 5.78. The molecule has 4 aromatic rings. The van der Waals surface area contributed by atoms with Crippen molar-refractivity contribution in [1.82, 2.24) is 14.8 Å². The van der Waals surface area contributed by atoms with Crippen LogP contribution < -0.4 is 5.43 Å². The highest BCUT2D eigenvalue weighted by Crippen LogP contribution is 2.20. The van der Waals surface area contributed by atoms with E-state index in [1.807, 2.05) is 36.4 Å². The Morgan fingerprint density at radius 3 is 2.68 bits per heavy atom. The molecule has 0 atom stereocenters. The quantitative estimate of drug-likeness (QED) is 0.481. The zero-order chi connectivity index (χ0) is 19.3. The van der Waals surface area contributed by atoms with Gasteiger partial charge in [-0.25, -0.2) is 4.98 Å². The van der Waals surface area contributed by atoms with Gasteiger partial charge in [0, 0.05) is 10.9 Å². The molecule has 7 heteroatoms. The molecule has 2 aromatic carbocycles. The smallest absolute Gasteiger partial charge is 0.308 e. The van der Waals surface area contributed by atoms with E-state index in [1.165, 1.54) is 6.20 Å². The van der Waals surface area contributed by atoms with E-state index in [4.69, 9.17) is 9.15 Å². The molecule has 140 valence electrons. The molecule has 0 bridgehead atoms. The molecule has 0 amide bonds. The van der Waals surface area contributed by atoms with Gasteiger partial charge >= 0.3 is 5.97 Å². The fraction of sp³-hybridized carbons (Fsp3) is 0.143. The molecule has 0 N–H and O–H groups in total. The Hall–Kier alpha value is -3.74. The van der Waals surface area contributed by atoms with Gasteiger partial charge < -0.3 is 9.15 Å². The van der Waals surface area contributed by atoms with Crippen LogP contribution in [0.4, 0.5) is 0 Å². The topological polar surface area (TPSA) is 87.2 Å². The summed E-state index contributed by atoms with van der Waals surface area (Å²) in [5, 5.41) is 4.67. The summed E-state index contributed by atoms with van der Waals surface area (Å²) in [5.41, 5.74) is 1.44. The number of fused-ring (bicyclic) bond motifs is 1. The number of aryl methyl sites for hydroxylation is 1. The van der Waals surface area contributed by atoms with Crippen molar-refractivity contribution in [3.05, 3.63) is 83.1 Å². The molecule has 2 heterocycles. The fourth-order valence-corrected chi connectivity index (χ4v) is 2.86. The summed E-state index contributed by atoms with van der Waals surface area (Å²) in [6.07, 6.45) is 2.98. The summed E-state index contributed by atoms with van der Waals surface area (Å²) in [6, 6.07) is 16.7. The number of oxazole rings is 1. The highest BCUT2D eigenvalue weighted by atomic mass is 16.5. The SMILES string of the molecule is O=C(CCn1ncc(=O)c2ccccc21)OCc1ncc(-c2ccccc2)o1. The van der Waals surface area contributed by atoms with Crippen molar-refractivity contribution >= 4 is 16.9 Å². The van der Waals surface area contributed by atoms with Crippen LogP contribution in [-0.2, 0) is 22.7 Å². The number of carbonyl (C=O) groups is 1. The number of benzene rings is 2. The maximum atomic E-state index is 12.1. The summed E-state index contributed by atoms with van der Waals surface area (Å²) in [4.78, 5) is 28.1. The maximum absolute atomic E-state index is 12.1. The number of rotatable bonds is 6. The number of para-hydroxylation sites is 1. The first-order valence-electron chi connectivity index (χ1n) is 8.81. The number of esters is 1. The van der Waals surface area contributed by atoms with Gasteiger partial charge in [-0.1, -0.05) is 42.5 Å². The zero-order valence-corrected chi connectivity index (χ0v) is 14.9. The van der Waals surface area contributed by atoms with Crippen molar-refractivity contribution in [2.45, 2.75) is 19.6 Å². The van der Waals surface area contributed by atoms with E-state index < -0.39 is 5.97 Å². The van der Waals surface area contributed by atoms with Gasteiger partial charge in [-0.2, -0.15) is 5.10 Å². The van der Waals surface area contributed by atoms with E-state index in [-0.39, 0.29) is 18.5 Å². The lowest BCUT2D eigenvalue weighted by atomic mass is 10.2. The fourth-order valence-electron chi connectivity index (χ4n) is 2.86. The van der Waals surface area contributed by atoms with Crippen molar-refractivity contribution in [2.24, 2.45) is 0 Å². The Bertz CT molecular complexity index is 1160. The summed E-state index contributed by atoms with van der Waals surface area (Å²) < 4.78 is 12.5. The second-order valence-corrected chi connectivity index (χ2v) is 6.14. The van der Waals surface area contributed by atoms with Crippen LogP contribution in [0.1, 0.15) is 12.3 Å². The molecule has 0 unspecified atom stereocenters. The Morgan fingerprint density at radius 1 is 1.04 bits per heavy atom. The van der Waals surface area contributed by atoms with E-state index >= 15 is 0 Å². The van der Waals surface area contributed by atoms with Gasteiger partial charge in [0.05, 0.1) is 30.9 Å². The molecule has 4 rings (SSSR count). The molecule has 0 aliphatic heterocycles. The van der Waals surface area contributed by atoms with Gasteiger partial charge in [-0.05, 0) is 12.1 Å². The minimum atomic E-state index is -0.399. The number of hydrogen-bond acceptors (Lipinski definition) is 6. The second kappa shape index (κ2) is 7.87. The minimum Gasteiger partial charge on any atom is -0.456 e. The van der Waals surface area contributed by atoms with Gasteiger partial charge in [-0.15, -0.1) is 0 Å². The van der Waals surface area contributed by atoms with Gasteiger partial charge in [0.15, 0.2) is 12.4 Å². The highest BCUT2D eigenvalue weighted by Gasteiger charge is 2.11. The van der Waals surface area contributed by atoms with Gasteiger partial charge in [0.1, 0.15) is 0 Å². The van der Waals surface area contributed by atoms with Crippen LogP contribution >= 0.6 is 0 Å². The number of carbonyl (C=O) groups excluding carboxylic acids is 1. The summed E-state index contributed by atoms with van der Waals surface area (Å²) >= 11 is 0. The zero-order valence-electron chi connectivity index (χ0n) is 14.9. The van der Waals surface area contributed by atoms with Crippen LogP contribution in [0.5, 0.6) is 0 Å². The summed E-state index contributed by atoms with van der Waals surface area (Å²) in [5.74, 6) is 0.554. The van der Waals surface area contributed by atoms with Crippen molar-refractivity contribution in [2.75, 3.05) is 0 Å². The molecule has 0 radical (unpaired) electrons. The molecular formula is C21H17N3O4. The Morgan fingerprint density at radius 2 is 1.82 bits per heavy atom. The van der Waals surface area contributed by atoms with E-state index in [9.17, 15) is 9.59 Å². The number of aromatic nitrogens is 3. The number of hydrogen-bond donors (Lipinski definition) is 0. The third kappa shape index (κ3) is 3.83. The standard InChI is InChI=1S/C21H17N3O4/c25-18-12-23-24(17-9-5-4-8-16(17)18)11-10-21(26)27-14-20-22-13-19(28-20)15-6-2-1-3-7-15/h1-9,12-13H,10-11,14H2. The van der Waals surface area contributed by atoms with Crippen LogP contribution in [0.25, 0.3) is 22.2 Å². The van der Waals surface area contributed by atoms with Gasteiger partial charge in [-0.3, -0.25) is 14.3 Å². The first-order valence-corrected chi connectivity index (χ1v) is 8.81. The molecule has 0 aliphatic rings. The van der Waals surface area contributed by atoms with E-state index in [0.29, 0.717) is 29.1 Å². The van der Waals surface area contributed by atoms with E-state index in [1.54, 1.807) is 29.1 Å². The molecular weight excluding hydrogens is 358 g/mol. The third-order valence-corrected chi connectivity index (χ3v) is 4.26. The minimum absolute atomic E-state index is 0.0377. The van der Waals surface area contributed by atoms with Gasteiger partial charge in [0.25, 0.3) is 0 Å². The number of nitrogens with zero attached hydrogens (tertiary/aromatic N) is 3. The lowest BCUT2D eigenvalue weighted by Gasteiger charge is -2.08.